The van der Waals surface area contributed by atoms with Crippen molar-refractivity contribution in [2.75, 3.05) is 25.9 Å². The van der Waals surface area contributed by atoms with Crippen LogP contribution in [0, 0.1) is 12.8 Å². The fourth-order valence-corrected chi connectivity index (χ4v) is 2.75. The molecule has 2 atom stereocenters. The first kappa shape index (κ1) is 13.9. The summed E-state index contributed by atoms with van der Waals surface area (Å²) in [6, 6.07) is 0.207. The van der Waals surface area contributed by atoms with Gasteiger partial charge in [-0.2, -0.15) is 5.10 Å². The molecule has 0 radical (unpaired) electrons. The minimum Gasteiger partial charge on any atom is -0.395 e. The van der Waals surface area contributed by atoms with Crippen LogP contribution in [0.5, 0.6) is 0 Å². The third-order valence-corrected chi connectivity index (χ3v) is 3.91. The summed E-state index contributed by atoms with van der Waals surface area (Å²) in [7, 11) is 3.85. The van der Waals surface area contributed by atoms with Crippen LogP contribution < -0.4 is 11.1 Å². The van der Waals surface area contributed by atoms with E-state index < -0.39 is 0 Å². The number of piperidine rings is 1. The van der Waals surface area contributed by atoms with Crippen LogP contribution in [0.15, 0.2) is 0 Å². The normalized spacial score (nSPS) is 24.4. The SMILES string of the molecule is Cc1nn(C)c(C(=O)NC2CCN(C)CC2C)c1N. The zero-order valence-electron chi connectivity index (χ0n) is 12.1. The number of nitrogen functional groups attached to an aromatic ring is 1. The van der Waals surface area contributed by atoms with E-state index in [2.05, 4.69) is 29.3 Å². The number of nitrogens with one attached hydrogen (secondary N) is 1. The fourth-order valence-electron chi connectivity index (χ4n) is 2.75. The lowest BCUT2D eigenvalue weighted by Gasteiger charge is -2.35. The summed E-state index contributed by atoms with van der Waals surface area (Å²) in [6.07, 6.45) is 0.972. The lowest BCUT2D eigenvalue weighted by Crippen LogP contribution is -2.49. The second-order valence-electron chi connectivity index (χ2n) is 5.58. The molecule has 2 heterocycles. The molecule has 1 aromatic heterocycles. The third kappa shape index (κ3) is 2.73. The highest BCUT2D eigenvalue weighted by Gasteiger charge is 2.27. The smallest absolute Gasteiger partial charge is 0.271 e. The highest BCUT2D eigenvalue weighted by molar-refractivity contribution is 5.98. The maximum absolute atomic E-state index is 12.3. The van der Waals surface area contributed by atoms with Gasteiger partial charge in [0.2, 0.25) is 0 Å². The van der Waals surface area contributed by atoms with Crippen LogP contribution in [0.2, 0.25) is 0 Å². The van der Waals surface area contributed by atoms with Crippen molar-refractivity contribution in [2.24, 2.45) is 13.0 Å². The molecule has 1 aliphatic heterocycles. The molecule has 0 bridgehead atoms. The van der Waals surface area contributed by atoms with Crippen LogP contribution in [0.1, 0.15) is 29.5 Å². The average molecular weight is 265 g/mol. The minimum atomic E-state index is -0.123. The monoisotopic (exact) mass is 265 g/mol. The van der Waals surface area contributed by atoms with Gasteiger partial charge in [-0.1, -0.05) is 6.92 Å². The Hall–Kier alpha value is -1.56. The second-order valence-corrected chi connectivity index (χ2v) is 5.58. The minimum absolute atomic E-state index is 0.123. The molecule has 1 saturated heterocycles. The molecule has 1 amide bonds. The number of hydrogen-bond acceptors (Lipinski definition) is 4. The maximum atomic E-state index is 12.3. The molecule has 3 N–H and O–H groups in total. The van der Waals surface area contributed by atoms with E-state index in [1.165, 1.54) is 0 Å². The molecule has 6 heteroatoms. The first-order valence-electron chi connectivity index (χ1n) is 6.68. The lowest BCUT2D eigenvalue weighted by molar-refractivity contribution is 0.0875. The van der Waals surface area contributed by atoms with Gasteiger partial charge in [0.1, 0.15) is 5.69 Å². The number of rotatable bonds is 2. The molecule has 1 aliphatic rings. The van der Waals surface area contributed by atoms with Crippen LogP contribution >= 0.6 is 0 Å². The number of carbonyl (C=O) groups excluding carboxylic acids is 1. The molecular weight excluding hydrogens is 242 g/mol. The Morgan fingerprint density at radius 1 is 1.47 bits per heavy atom. The number of hydrogen-bond donors (Lipinski definition) is 2. The molecule has 0 aliphatic carbocycles. The van der Waals surface area contributed by atoms with Crippen molar-refractivity contribution in [3.8, 4) is 0 Å². The summed E-state index contributed by atoms with van der Waals surface area (Å²) in [5, 5.41) is 7.27. The zero-order chi connectivity index (χ0) is 14.2. The number of anilines is 1. The molecule has 106 valence electrons. The Morgan fingerprint density at radius 2 is 2.16 bits per heavy atom. The van der Waals surface area contributed by atoms with E-state index in [4.69, 9.17) is 5.73 Å². The number of nitrogens with zero attached hydrogens (tertiary/aromatic N) is 3. The third-order valence-electron chi connectivity index (χ3n) is 3.91. The summed E-state index contributed by atoms with van der Waals surface area (Å²) >= 11 is 0. The highest BCUT2D eigenvalue weighted by atomic mass is 16.2. The van der Waals surface area contributed by atoms with E-state index >= 15 is 0 Å². The van der Waals surface area contributed by atoms with Crippen LogP contribution in [-0.4, -0.2) is 46.8 Å². The zero-order valence-corrected chi connectivity index (χ0v) is 12.1. The molecule has 0 aromatic carbocycles. The van der Waals surface area contributed by atoms with Gasteiger partial charge in [0, 0.05) is 19.6 Å². The summed E-state index contributed by atoms with van der Waals surface area (Å²) < 4.78 is 1.56. The Bertz CT molecular complexity index is 482. The number of carbonyl (C=O) groups is 1. The van der Waals surface area contributed by atoms with Crippen molar-refractivity contribution in [2.45, 2.75) is 26.3 Å². The van der Waals surface area contributed by atoms with Gasteiger partial charge >= 0.3 is 0 Å². The first-order chi connectivity index (χ1) is 8.90. The molecule has 2 unspecified atom stereocenters. The first-order valence-corrected chi connectivity index (χ1v) is 6.68. The topological polar surface area (TPSA) is 76.2 Å². The van der Waals surface area contributed by atoms with E-state index in [1.807, 2.05) is 6.92 Å². The van der Waals surface area contributed by atoms with E-state index in [9.17, 15) is 4.79 Å². The quantitative estimate of drug-likeness (QED) is 0.810. The van der Waals surface area contributed by atoms with Crippen molar-refractivity contribution in [1.29, 1.82) is 0 Å². The average Bonchev–Trinajstić information content (AvgIpc) is 2.57. The van der Waals surface area contributed by atoms with Crippen molar-refractivity contribution in [3.63, 3.8) is 0 Å². The maximum Gasteiger partial charge on any atom is 0.271 e. The summed E-state index contributed by atoms with van der Waals surface area (Å²) in [6.45, 7) is 5.99. The lowest BCUT2D eigenvalue weighted by atomic mass is 9.94. The van der Waals surface area contributed by atoms with Crippen LogP contribution in [-0.2, 0) is 7.05 Å². The number of nitrogens with two attached hydrogens (primary N) is 1. The number of aryl methyl sites for hydroxylation is 2. The molecule has 0 spiro atoms. The van der Waals surface area contributed by atoms with Gasteiger partial charge in [-0.05, 0) is 32.9 Å². The summed E-state index contributed by atoms with van der Waals surface area (Å²) in [4.78, 5) is 14.6. The van der Waals surface area contributed by atoms with Crippen LogP contribution in [0.4, 0.5) is 5.69 Å². The Morgan fingerprint density at radius 3 is 2.68 bits per heavy atom. The molecule has 6 nitrogen and oxygen atoms in total. The van der Waals surface area contributed by atoms with Crippen LogP contribution in [0.3, 0.4) is 0 Å². The van der Waals surface area contributed by atoms with E-state index in [-0.39, 0.29) is 11.9 Å². The summed E-state index contributed by atoms with van der Waals surface area (Å²) in [5.41, 5.74) is 7.55. The van der Waals surface area contributed by atoms with E-state index in [0.29, 0.717) is 23.0 Å². The number of amides is 1. The van der Waals surface area contributed by atoms with Crippen molar-refractivity contribution < 1.29 is 4.79 Å². The second kappa shape index (κ2) is 5.21. The number of aromatic nitrogens is 2. The van der Waals surface area contributed by atoms with E-state index in [1.54, 1.807) is 11.7 Å². The predicted molar refractivity (Wildman–Crippen MR) is 74.9 cm³/mol. The molecular formula is C13H23N5O. The van der Waals surface area contributed by atoms with Gasteiger partial charge in [-0.15, -0.1) is 0 Å². The van der Waals surface area contributed by atoms with Gasteiger partial charge < -0.3 is 16.0 Å². The molecule has 1 fully saturated rings. The Balaban J connectivity index is 2.09. The molecule has 19 heavy (non-hydrogen) atoms. The Labute approximate surface area is 113 Å². The molecule has 1 aromatic rings. The van der Waals surface area contributed by atoms with Gasteiger partial charge in [-0.3, -0.25) is 9.48 Å². The molecule has 2 rings (SSSR count). The van der Waals surface area contributed by atoms with Gasteiger partial charge in [-0.25, -0.2) is 0 Å². The largest absolute Gasteiger partial charge is 0.395 e. The van der Waals surface area contributed by atoms with Crippen molar-refractivity contribution >= 4 is 11.6 Å². The van der Waals surface area contributed by atoms with Crippen LogP contribution in [0.25, 0.3) is 0 Å². The molecule has 0 saturated carbocycles. The highest BCUT2D eigenvalue weighted by Crippen LogP contribution is 2.19. The van der Waals surface area contributed by atoms with Gasteiger partial charge in [0.05, 0.1) is 11.4 Å². The number of likely N-dealkylation sites (tertiary alicyclic amines) is 1. The predicted octanol–water partition coefficient (Wildman–Crippen LogP) is 0.381. The van der Waals surface area contributed by atoms with E-state index in [0.717, 1.165) is 19.5 Å². The van der Waals surface area contributed by atoms with Gasteiger partial charge in [0.15, 0.2) is 0 Å². The van der Waals surface area contributed by atoms with Gasteiger partial charge in [0.25, 0.3) is 5.91 Å². The van der Waals surface area contributed by atoms with Crippen molar-refractivity contribution in [1.82, 2.24) is 20.0 Å². The Kier molecular flexibility index (Phi) is 3.80. The van der Waals surface area contributed by atoms with Crippen molar-refractivity contribution in [3.05, 3.63) is 11.4 Å². The standard InChI is InChI=1S/C13H23N5O/c1-8-7-17(3)6-5-10(8)15-13(19)12-11(14)9(2)16-18(12)4/h8,10H,5-7,14H2,1-4H3,(H,15,19). The fraction of sp³-hybridized carbons (Fsp3) is 0.692. The summed E-state index contributed by atoms with van der Waals surface area (Å²) in [5.74, 6) is 0.320.